The first-order chi connectivity index (χ1) is 14.5. The molecule has 0 radical (unpaired) electrons. The zero-order valence-electron chi connectivity index (χ0n) is 17.1. The number of benzene rings is 1. The molecule has 0 unspecified atom stereocenters. The first-order valence-corrected chi connectivity index (χ1v) is 11.5. The van der Waals surface area contributed by atoms with E-state index in [-0.39, 0.29) is 5.56 Å². The van der Waals surface area contributed by atoms with Crippen molar-refractivity contribution < 1.29 is 17.9 Å². The van der Waals surface area contributed by atoms with Crippen molar-refractivity contribution in [1.82, 2.24) is 18.2 Å². The summed E-state index contributed by atoms with van der Waals surface area (Å²) in [6, 6.07) is 5.59. The first kappa shape index (κ1) is 21.2. The van der Waals surface area contributed by atoms with E-state index in [1.54, 1.807) is 28.4 Å². The minimum atomic E-state index is -3.45. The van der Waals surface area contributed by atoms with E-state index in [4.69, 9.17) is 9.47 Å². The zero-order chi connectivity index (χ0) is 21.1. The van der Waals surface area contributed by atoms with Gasteiger partial charge in [0.15, 0.2) is 0 Å². The molecule has 2 fully saturated rings. The van der Waals surface area contributed by atoms with Gasteiger partial charge in [-0.15, -0.1) is 0 Å². The molecule has 2 saturated heterocycles. The third-order valence-electron chi connectivity index (χ3n) is 5.57. The van der Waals surface area contributed by atoms with Crippen molar-refractivity contribution in [2.24, 2.45) is 0 Å². The number of anilines is 1. The highest BCUT2D eigenvalue weighted by Crippen LogP contribution is 2.22. The van der Waals surface area contributed by atoms with Crippen LogP contribution in [0.2, 0.25) is 0 Å². The molecule has 11 heteroatoms. The number of rotatable bonds is 6. The van der Waals surface area contributed by atoms with Crippen LogP contribution < -0.4 is 10.5 Å². The molecule has 2 aliphatic heterocycles. The van der Waals surface area contributed by atoms with Gasteiger partial charge in [0.1, 0.15) is 0 Å². The van der Waals surface area contributed by atoms with E-state index in [1.807, 2.05) is 12.1 Å². The molecule has 0 atom stereocenters. The molecular weight excluding hydrogens is 410 g/mol. The van der Waals surface area contributed by atoms with Crippen molar-refractivity contribution in [2.45, 2.75) is 6.54 Å². The van der Waals surface area contributed by atoms with E-state index in [0.717, 1.165) is 5.69 Å². The van der Waals surface area contributed by atoms with Crippen LogP contribution in [0.1, 0.15) is 0 Å². The van der Waals surface area contributed by atoms with Crippen molar-refractivity contribution in [3.8, 4) is 0 Å². The number of fused-ring (bicyclic) bond motifs is 1. The van der Waals surface area contributed by atoms with E-state index in [2.05, 4.69) is 9.88 Å². The van der Waals surface area contributed by atoms with E-state index >= 15 is 0 Å². The van der Waals surface area contributed by atoms with Gasteiger partial charge in [-0.3, -0.25) is 9.36 Å². The average molecular weight is 438 g/mol. The third-order valence-corrected chi connectivity index (χ3v) is 7.61. The lowest BCUT2D eigenvalue weighted by Crippen LogP contribution is -2.55. The maximum atomic E-state index is 12.8. The molecule has 0 bridgehead atoms. The van der Waals surface area contributed by atoms with Crippen molar-refractivity contribution in [2.75, 3.05) is 71.1 Å². The van der Waals surface area contributed by atoms with Crippen molar-refractivity contribution in [1.29, 1.82) is 0 Å². The van der Waals surface area contributed by atoms with E-state index in [0.29, 0.717) is 76.5 Å². The van der Waals surface area contributed by atoms with Gasteiger partial charge in [0.2, 0.25) is 0 Å². The summed E-state index contributed by atoms with van der Waals surface area (Å²) < 4.78 is 40.5. The summed E-state index contributed by atoms with van der Waals surface area (Å²) in [6.07, 6.45) is 1.54. The monoisotopic (exact) mass is 437 g/mol. The van der Waals surface area contributed by atoms with Crippen LogP contribution in [0.15, 0.2) is 29.3 Å². The summed E-state index contributed by atoms with van der Waals surface area (Å²) in [7, 11) is -1.86. The number of hydrogen-bond donors (Lipinski definition) is 0. The topological polar surface area (TPSA) is 97.2 Å². The number of morpholine rings is 1. The molecule has 0 N–H and O–H groups in total. The van der Waals surface area contributed by atoms with Crippen molar-refractivity contribution in [3.63, 3.8) is 0 Å². The fourth-order valence-corrected chi connectivity index (χ4v) is 5.37. The maximum absolute atomic E-state index is 12.8. The van der Waals surface area contributed by atoms with Crippen LogP contribution in [0.4, 0.5) is 5.69 Å². The molecule has 10 nitrogen and oxygen atoms in total. The van der Waals surface area contributed by atoms with Crippen molar-refractivity contribution in [3.05, 3.63) is 34.9 Å². The average Bonchev–Trinajstić information content (AvgIpc) is 2.79. The summed E-state index contributed by atoms with van der Waals surface area (Å²) >= 11 is 0. The third kappa shape index (κ3) is 4.21. The zero-order valence-corrected chi connectivity index (χ0v) is 17.9. The minimum absolute atomic E-state index is 0.0926. The van der Waals surface area contributed by atoms with Crippen LogP contribution in [-0.2, 0) is 26.2 Å². The maximum Gasteiger partial charge on any atom is 0.282 e. The molecule has 3 heterocycles. The molecule has 1 aromatic carbocycles. The normalized spacial score (nSPS) is 19.4. The number of methoxy groups -OCH3 is 1. The van der Waals surface area contributed by atoms with E-state index < -0.39 is 10.2 Å². The van der Waals surface area contributed by atoms with Crippen LogP contribution in [-0.4, -0.2) is 92.8 Å². The number of piperazine rings is 1. The lowest BCUT2D eigenvalue weighted by molar-refractivity contribution is 0.0700. The fourth-order valence-electron chi connectivity index (χ4n) is 3.81. The smallest absolute Gasteiger partial charge is 0.282 e. The summed E-state index contributed by atoms with van der Waals surface area (Å²) in [6.45, 7) is 4.60. The molecule has 2 aromatic rings. The highest BCUT2D eigenvalue weighted by molar-refractivity contribution is 7.86. The Morgan fingerprint density at radius 2 is 1.77 bits per heavy atom. The quantitative estimate of drug-likeness (QED) is 0.614. The molecular formula is C19H27N5O5S. The van der Waals surface area contributed by atoms with Gasteiger partial charge in [-0.25, -0.2) is 4.98 Å². The van der Waals surface area contributed by atoms with Crippen molar-refractivity contribution >= 4 is 26.8 Å². The van der Waals surface area contributed by atoms with Gasteiger partial charge in [-0.05, 0) is 18.2 Å². The second-order valence-corrected chi connectivity index (χ2v) is 9.27. The van der Waals surface area contributed by atoms with E-state index in [1.165, 1.54) is 4.31 Å². The van der Waals surface area contributed by atoms with Crippen LogP contribution in [0, 0.1) is 0 Å². The van der Waals surface area contributed by atoms with Crippen LogP contribution in [0.3, 0.4) is 0 Å². The Balaban J connectivity index is 1.46. The second-order valence-electron chi connectivity index (χ2n) is 7.34. The Labute approximate surface area is 175 Å². The van der Waals surface area contributed by atoms with Gasteiger partial charge < -0.3 is 14.4 Å². The fraction of sp³-hybridized carbons (Fsp3) is 0.579. The highest BCUT2D eigenvalue weighted by Gasteiger charge is 2.33. The Morgan fingerprint density at radius 3 is 2.47 bits per heavy atom. The lowest BCUT2D eigenvalue weighted by Gasteiger charge is -2.38. The molecule has 0 saturated carbocycles. The van der Waals surface area contributed by atoms with Crippen LogP contribution in [0.25, 0.3) is 10.9 Å². The Kier molecular flexibility index (Phi) is 6.34. The molecule has 30 heavy (non-hydrogen) atoms. The summed E-state index contributed by atoms with van der Waals surface area (Å²) in [5.41, 5.74) is 1.48. The van der Waals surface area contributed by atoms with Gasteiger partial charge in [-0.1, -0.05) is 0 Å². The van der Waals surface area contributed by atoms with Gasteiger partial charge in [0.05, 0.1) is 43.6 Å². The number of ether oxygens (including phenoxy) is 2. The highest BCUT2D eigenvalue weighted by atomic mass is 32.2. The summed E-state index contributed by atoms with van der Waals surface area (Å²) in [5, 5.41) is 0.561. The number of nitrogens with zero attached hydrogens (tertiary/aromatic N) is 5. The molecule has 2 aliphatic rings. The molecule has 0 aliphatic carbocycles. The predicted octanol–water partition coefficient (Wildman–Crippen LogP) is -0.258. The predicted molar refractivity (Wildman–Crippen MR) is 113 cm³/mol. The standard InChI is InChI=1S/C19H27N5O5S/c1-28-11-8-22-15-20-18-14-16(2-3-17(18)19(22)25)21-4-6-23(7-5-21)30(26,27)24-9-12-29-13-10-24/h2-3,14-15H,4-13H2,1H3. The Hall–Kier alpha value is -2.05. The first-order valence-electron chi connectivity index (χ1n) is 10.1. The lowest BCUT2D eigenvalue weighted by atomic mass is 10.2. The minimum Gasteiger partial charge on any atom is -0.383 e. The van der Waals surface area contributed by atoms with E-state index in [9.17, 15) is 13.2 Å². The van der Waals surface area contributed by atoms with Gasteiger partial charge in [0.25, 0.3) is 15.8 Å². The van der Waals surface area contributed by atoms with Crippen LogP contribution >= 0.6 is 0 Å². The van der Waals surface area contributed by atoms with Gasteiger partial charge >= 0.3 is 0 Å². The largest absolute Gasteiger partial charge is 0.383 e. The molecule has 1 aromatic heterocycles. The second kappa shape index (κ2) is 8.98. The number of hydrogen-bond acceptors (Lipinski definition) is 7. The van der Waals surface area contributed by atoms with Crippen LogP contribution in [0.5, 0.6) is 0 Å². The summed E-state index contributed by atoms with van der Waals surface area (Å²) in [4.78, 5) is 19.1. The molecule has 0 amide bonds. The Morgan fingerprint density at radius 1 is 1.07 bits per heavy atom. The molecule has 4 rings (SSSR count). The number of aromatic nitrogens is 2. The SMILES string of the molecule is COCCn1cnc2cc(N3CCN(S(=O)(=O)N4CCOCC4)CC3)ccc2c1=O. The Bertz CT molecular complexity index is 1040. The van der Waals surface area contributed by atoms with Gasteiger partial charge in [0, 0.05) is 52.1 Å². The molecule has 164 valence electrons. The molecule has 0 spiro atoms. The van der Waals surface area contributed by atoms with Gasteiger partial charge in [-0.2, -0.15) is 17.0 Å². The summed E-state index contributed by atoms with van der Waals surface area (Å²) in [5.74, 6) is 0.